The molecule has 0 spiro atoms. The van der Waals surface area contributed by atoms with Crippen LogP contribution in [0, 0.1) is 0 Å². The number of benzene rings is 1. The SMILES string of the molecule is CN(C)c1ccc(Cl)c(NC(N)=S)c1. The summed E-state index contributed by atoms with van der Waals surface area (Å²) in [5, 5.41) is 3.63. The van der Waals surface area contributed by atoms with E-state index in [4.69, 9.17) is 29.6 Å². The van der Waals surface area contributed by atoms with Crippen LogP contribution in [0.5, 0.6) is 0 Å². The number of hydrogen-bond donors (Lipinski definition) is 2. The van der Waals surface area contributed by atoms with Gasteiger partial charge in [0.2, 0.25) is 0 Å². The summed E-state index contributed by atoms with van der Waals surface area (Å²) < 4.78 is 0. The van der Waals surface area contributed by atoms with E-state index in [0.29, 0.717) is 5.02 Å². The zero-order chi connectivity index (χ0) is 10.7. The molecular formula is C9H12ClN3S. The van der Waals surface area contributed by atoms with E-state index in [1.165, 1.54) is 0 Å². The third-order valence-electron chi connectivity index (χ3n) is 1.72. The molecule has 1 rings (SSSR count). The number of nitrogens with two attached hydrogens (primary N) is 1. The molecule has 0 aliphatic carbocycles. The van der Waals surface area contributed by atoms with Crippen LogP contribution in [0.25, 0.3) is 0 Å². The van der Waals surface area contributed by atoms with Gasteiger partial charge in [0.25, 0.3) is 0 Å². The van der Waals surface area contributed by atoms with Gasteiger partial charge in [-0.1, -0.05) is 11.6 Å². The zero-order valence-corrected chi connectivity index (χ0v) is 9.62. The lowest BCUT2D eigenvalue weighted by molar-refractivity contribution is 1.13. The summed E-state index contributed by atoms with van der Waals surface area (Å²) in [7, 11) is 3.90. The molecule has 5 heteroatoms. The summed E-state index contributed by atoms with van der Waals surface area (Å²) in [5.41, 5.74) is 7.13. The first kappa shape index (κ1) is 11.1. The molecule has 0 saturated carbocycles. The van der Waals surface area contributed by atoms with Gasteiger partial charge in [-0.3, -0.25) is 0 Å². The van der Waals surface area contributed by atoms with E-state index in [1.54, 1.807) is 6.07 Å². The van der Waals surface area contributed by atoms with Gasteiger partial charge in [0, 0.05) is 19.8 Å². The third-order valence-corrected chi connectivity index (χ3v) is 2.16. The average Bonchev–Trinajstić information content (AvgIpc) is 2.07. The molecule has 1 aromatic carbocycles. The average molecular weight is 230 g/mol. The first-order valence-corrected chi connectivity index (χ1v) is 4.82. The Labute approximate surface area is 93.8 Å². The van der Waals surface area contributed by atoms with Gasteiger partial charge in [0.05, 0.1) is 10.7 Å². The first-order chi connectivity index (χ1) is 6.50. The Bertz CT molecular complexity index is 352. The standard InChI is InChI=1S/C9H12ClN3S/c1-13(2)6-3-4-7(10)8(5-6)12-9(11)14/h3-5H,1-2H3,(H3,11,12,14). The number of rotatable bonds is 2. The number of nitrogens with zero attached hydrogens (tertiary/aromatic N) is 1. The second kappa shape index (κ2) is 4.48. The van der Waals surface area contributed by atoms with Gasteiger partial charge in [-0.2, -0.15) is 0 Å². The molecule has 0 aliphatic rings. The highest BCUT2D eigenvalue weighted by Gasteiger charge is 2.03. The summed E-state index contributed by atoms with van der Waals surface area (Å²) in [6, 6.07) is 5.62. The van der Waals surface area contributed by atoms with Crippen LogP contribution in [0.2, 0.25) is 5.02 Å². The quantitative estimate of drug-likeness (QED) is 0.762. The van der Waals surface area contributed by atoms with E-state index < -0.39 is 0 Å². The van der Waals surface area contributed by atoms with E-state index in [-0.39, 0.29) is 5.11 Å². The molecule has 0 aliphatic heterocycles. The summed E-state index contributed by atoms with van der Waals surface area (Å²) in [4.78, 5) is 1.97. The van der Waals surface area contributed by atoms with Gasteiger partial charge in [0.15, 0.2) is 5.11 Å². The van der Waals surface area contributed by atoms with Crippen LogP contribution >= 0.6 is 23.8 Å². The fraction of sp³-hybridized carbons (Fsp3) is 0.222. The van der Waals surface area contributed by atoms with Crippen LogP contribution in [0.4, 0.5) is 11.4 Å². The van der Waals surface area contributed by atoms with E-state index in [2.05, 4.69) is 5.32 Å². The van der Waals surface area contributed by atoms with E-state index >= 15 is 0 Å². The maximum Gasteiger partial charge on any atom is 0.168 e. The molecular weight excluding hydrogens is 218 g/mol. The van der Waals surface area contributed by atoms with Gasteiger partial charge >= 0.3 is 0 Å². The molecule has 0 heterocycles. The van der Waals surface area contributed by atoms with Crippen LogP contribution in [-0.4, -0.2) is 19.2 Å². The summed E-state index contributed by atoms with van der Waals surface area (Å²) >= 11 is 10.7. The Morgan fingerprint density at radius 3 is 2.64 bits per heavy atom. The van der Waals surface area contributed by atoms with Crippen molar-refractivity contribution in [1.82, 2.24) is 0 Å². The van der Waals surface area contributed by atoms with E-state index in [1.807, 2.05) is 31.1 Å². The lowest BCUT2D eigenvalue weighted by Crippen LogP contribution is -2.19. The molecule has 0 aromatic heterocycles. The fourth-order valence-corrected chi connectivity index (χ4v) is 1.29. The van der Waals surface area contributed by atoms with Crippen LogP contribution < -0.4 is 16.0 Å². The molecule has 0 saturated heterocycles. The lowest BCUT2D eigenvalue weighted by Gasteiger charge is -2.15. The third kappa shape index (κ3) is 2.75. The van der Waals surface area contributed by atoms with Crippen molar-refractivity contribution in [2.45, 2.75) is 0 Å². The number of halogens is 1. The second-order valence-electron chi connectivity index (χ2n) is 3.05. The predicted octanol–water partition coefficient (Wildman–Crippen LogP) is 2.06. The molecule has 1 aromatic rings. The molecule has 0 unspecified atom stereocenters. The molecule has 0 atom stereocenters. The van der Waals surface area contributed by atoms with Crippen molar-refractivity contribution < 1.29 is 0 Å². The molecule has 0 bridgehead atoms. The largest absolute Gasteiger partial charge is 0.378 e. The Balaban J connectivity index is 3.02. The topological polar surface area (TPSA) is 41.3 Å². The van der Waals surface area contributed by atoms with Crippen LogP contribution in [0.3, 0.4) is 0 Å². The molecule has 3 N–H and O–H groups in total. The summed E-state index contributed by atoms with van der Waals surface area (Å²) in [5.74, 6) is 0. The Morgan fingerprint density at radius 1 is 1.50 bits per heavy atom. The van der Waals surface area contributed by atoms with E-state index in [9.17, 15) is 0 Å². The van der Waals surface area contributed by atoms with Crippen molar-refractivity contribution in [3.8, 4) is 0 Å². The highest BCUT2D eigenvalue weighted by Crippen LogP contribution is 2.26. The van der Waals surface area contributed by atoms with Gasteiger partial charge in [0.1, 0.15) is 0 Å². The van der Waals surface area contributed by atoms with Crippen molar-refractivity contribution >= 4 is 40.3 Å². The van der Waals surface area contributed by atoms with Crippen molar-refractivity contribution in [1.29, 1.82) is 0 Å². The smallest absolute Gasteiger partial charge is 0.168 e. The monoisotopic (exact) mass is 229 g/mol. The Kier molecular flexibility index (Phi) is 3.55. The Hall–Kier alpha value is -1.00. The number of anilines is 2. The van der Waals surface area contributed by atoms with Gasteiger partial charge in [-0.05, 0) is 30.4 Å². The minimum Gasteiger partial charge on any atom is -0.378 e. The highest BCUT2D eigenvalue weighted by molar-refractivity contribution is 7.80. The normalized spacial score (nSPS) is 9.64. The van der Waals surface area contributed by atoms with Gasteiger partial charge in [-0.15, -0.1) is 0 Å². The molecule has 0 amide bonds. The molecule has 14 heavy (non-hydrogen) atoms. The number of thiocarbonyl (C=S) groups is 1. The van der Waals surface area contributed by atoms with Gasteiger partial charge in [-0.25, -0.2) is 0 Å². The molecule has 76 valence electrons. The fourth-order valence-electron chi connectivity index (χ4n) is 1.02. The second-order valence-corrected chi connectivity index (χ2v) is 3.89. The predicted molar refractivity (Wildman–Crippen MR) is 66.2 cm³/mol. The zero-order valence-electron chi connectivity index (χ0n) is 8.04. The number of nitrogens with one attached hydrogen (secondary N) is 1. The van der Waals surface area contributed by atoms with Crippen molar-refractivity contribution in [2.75, 3.05) is 24.3 Å². The molecule has 0 fully saturated rings. The maximum atomic E-state index is 5.95. The van der Waals surface area contributed by atoms with Crippen molar-refractivity contribution in [2.24, 2.45) is 5.73 Å². The summed E-state index contributed by atoms with van der Waals surface area (Å²) in [6.07, 6.45) is 0. The van der Waals surface area contributed by atoms with Crippen LogP contribution in [-0.2, 0) is 0 Å². The van der Waals surface area contributed by atoms with E-state index in [0.717, 1.165) is 11.4 Å². The first-order valence-electron chi connectivity index (χ1n) is 4.04. The highest BCUT2D eigenvalue weighted by atomic mass is 35.5. The Morgan fingerprint density at radius 2 is 2.14 bits per heavy atom. The molecule has 3 nitrogen and oxygen atoms in total. The number of hydrogen-bond acceptors (Lipinski definition) is 2. The minimum atomic E-state index is 0.211. The van der Waals surface area contributed by atoms with Gasteiger partial charge < -0.3 is 16.0 Å². The molecule has 0 radical (unpaired) electrons. The van der Waals surface area contributed by atoms with Crippen LogP contribution in [0.1, 0.15) is 0 Å². The lowest BCUT2D eigenvalue weighted by atomic mass is 10.2. The summed E-state index contributed by atoms with van der Waals surface area (Å²) in [6.45, 7) is 0. The van der Waals surface area contributed by atoms with Crippen LogP contribution in [0.15, 0.2) is 18.2 Å². The van der Waals surface area contributed by atoms with Crippen molar-refractivity contribution in [3.63, 3.8) is 0 Å². The minimum absolute atomic E-state index is 0.211. The maximum absolute atomic E-state index is 5.95. The van der Waals surface area contributed by atoms with Crippen molar-refractivity contribution in [3.05, 3.63) is 23.2 Å².